The van der Waals surface area contributed by atoms with Crippen molar-refractivity contribution in [3.8, 4) is 33.4 Å². The number of fused-ring (bicyclic) bond motifs is 10. The van der Waals surface area contributed by atoms with Crippen molar-refractivity contribution in [3.63, 3.8) is 0 Å². The first-order valence-corrected chi connectivity index (χ1v) is 19.4. The molecule has 0 bridgehead atoms. The zero-order valence-electron chi connectivity index (χ0n) is 31.2. The molecule has 0 aliphatic heterocycles. The molecular weight excluding hydrogens is 661 g/mol. The van der Waals surface area contributed by atoms with Crippen LogP contribution in [-0.4, -0.2) is 0 Å². The minimum absolute atomic E-state index is 0. The maximum Gasteiger partial charge on any atom is 0.0725 e. The van der Waals surface area contributed by atoms with E-state index < -0.39 is 0 Å². The molecular formula is C55H46. The molecule has 0 nitrogen and oxygen atoms in total. The normalized spacial score (nSPS) is 12.8. The standard InChI is InChI=1S/C41H30.C13H12.CH4/c1-3-12-26-13-4-5-14-27(26)37-25(2)23-24-31-30-17-10-21-35-39(30)40-32(38(31)37)18-11-22-36(40)41(35)33-19-8-6-15-28(33)29-16-7-9-20-34(29)41;1-11-7-9-13(10-8-11)12-5-3-2-4-6-12;/h4-11,13-24H,3,12H2,1-2H3;2-10H,1H3;1H4. The Morgan fingerprint density at radius 2 is 0.909 bits per heavy atom. The second-order valence-corrected chi connectivity index (χ2v) is 15.1. The fraction of sp³-hybridized carbons (Fsp3) is 0.127. The van der Waals surface area contributed by atoms with Crippen LogP contribution in [0.1, 0.15) is 59.7 Å². The molecule has 0 N–H and O–H groups in total. The van der Waals surface area contributed by atoms with E-state index in [1.54, 1.807) is 0 Å². The largest absolute Gasteiger partial charge is 0.0776 e. The first-order chi connectivity index (χ1) is 26.6. The van der Waals surface area contributed by atoms with Gasteiger partial charge in [-0.1, -0.05) is 202 Å². The molecule has 0 radical (unpaired) electrons. The van der Waals surface area contributed by atoms with Crippen LogP contribution in [0.3, 0.4) is 0 Å². The number of benzene rings is 9. The molecule has 2 aliphatic rings. The molecule has 0 heterocycles. The molecule has 0 heteroatoms. The van der Waals surface area contributed by atoms with Crippen molar-refractivity contribution in [1.82, 2.24) is 0 Å². The van der Waals surface area contributed by atoms with Gasteiger partial charge in [0.25, 0.3) is 0 Å². The van der Waals surface area contributed by atoms with Crippen molar-refractivity contribution < 1.29 is 0 Å². The van der Waals surface area contributed by atoms with Crippen LogP contribution < -0.4 is 0 Å². The minimum atomic E-state index is -0.304. The second kappa shape index (κ2) is 13.6. The monoisotopic (exact) mass is 706 g/mol. The zero-order chi connectivity index (χ0) is 36.4. The molecule has 0 saturated heterocycles. The molecule has 0 aromatic heterocycles. The van der Waals surface area contributed by atoms with Crippen LogP contribution in [0.2, 0.25) is 0 Å². The summed E-state index contributed by atoms with van der Waals surface area (Å²) in [7, 11) is 0. The van der Waals surface area contributed by atoms with Crippen LogP contribution in [0.15, 0.2) is 176 Å². The van der Waals surface area contributed by atoms with Crippen LogP contribution in [0.4, 0.5) is 0 Å². The molecule has 0 amide bonds. The Bertz CT molecular complexity index is 2850. The minimum Gasteiger partial charge on any atom is -0.0776 e. The molecule has 0 saturated carbocycles. The van der Waals surface area contributed by atoms with E-state index in [1.807, 2.05) is 6.07 Å². The van der Waals surface area contributed by atoms with E-state index >= 15 is 0 Å². The second-order valence-electron chi connectivity index (χ2n) is 15.1. The van der Waals surface area contributed by atoms with Crippen molar-refractivity contribution in [2.24, 2.45) is 0 Å². The van der Waals surface area contributed by atoms with E-state index in [1.165, 1.54) is 105 Å². The Kier molecular flexibility index (Phi) is 8.51. The lowest BCUT2D eigenvalue weighted by Crippen LogP contribution is -2.25. The maximum absolute atomic E-state index is 2.41. The van der Waals surface area contributed by atoms with E-state index in [0.717, 1.165) is 12.8 Å². The lowest BCUT2D eigenvalue weighted by Gasteiger charge is -2.30. The fourth-order valence-electron chi connectivity index (χ4n) is 9.85. The Morgan fingerprint density at radius 1 is 0.400 bits per heavy atom. The van der Waals surface area contributed by atoms with E-state index in [9.17, 15) is 0 Å². The summed E-state index contributed by atoms with van der Waals surface area (Å²) in [5, 5.41) is 8.35. The summed E-state index contributed by atoms with van der Waals surface area (Å²) < 4.78 is 0. The van der Waals surface area contributed by atoms with Gasteiger partial charge in [0.05, 0.1) is 5.41 Å². The van der Waals surface area contributed by atoms with Crippen LogP contribution in [0.5, 0.6) is 0 Å². The van der Waals surface area contributed by atoms with E-state index in [2.05, 4.69) is 191 Å². The topological polar surface area (TPSA) is 0 Å². The summed E-state index contributed by atoms with van der Waals surface area (Å²) in [6.45, 7) is 6.68. The van der Waals surface area contributed by atoms with E-state index in [-0.39, 0.29) is 12.8 Å². The van der Waals surface area contributed by atoms with E-state index in [4.69, 9.17) is 0 Å². The van der Waals surface area contributed by atoms with Gasteiger partial charge in [-0.3, -0.25) is 0 Å². The predicted molar refractivity (Wildman–Crippen MR) is 237 cm³/mol. The smallest absolute Gasteiger partial charge is 0.0725 e. The van der Waals surface area contributed by atoms with Gasteiger partial charge >= 0.3 is 0 Å². The highest BCUT2D eigenvalue weighted by Gasteiger charge is 2.50. The van der Waals surface area contributed by atoms with Gasteiger partial charge in [-0.25, -0.2) is 0 Å². The molecule has 55 heavy (non-hydrogen) atoms. The molecule has 9 aromatic rings. The van der Waals surface area contributed by atoms with Gasteiger partial charge in [-0.2, -0.15) is 0 Å². The third-order valence-corrected chi connectivity index (χ3v) is 12.1. The summed E-state index contributed by atoms with van der Waals surface area (Å²) in [6.07, 6.45) is 2.23. The molecule has 266 valence electrons. The van der Waals surface area contributed by atoms with Crippen molar-refractivity contribution in [2.75, 3.05) is 0 Å². The van der Waals surface area contributed by atoms with Gasteiger partial charge in [0.15, 0.2) is 0 Å². The van der Waals surface area contributed by atoms with Gasteiger partial charge in [-0.15, -0.1) is 0 Å². The predicted octanol–water partition coefficient (Wildman–Crippen LogP) is 15.0. The first kappa shape index (κ1) is 34.5. The maximum atomic E-state index is 2.41. The van der Waals surface area contributed by atoms with Gasteiger partial charge in [0, 0.05) is 0 Å². The Labute approximate surface area is 325 Å². The highest BCUT2D eigenvalue weighted by atomic mass is 14.5. The zero-order valence-corrected chi connectivity index (χ0v) is 31.2. The molecule has 9 aromatic carbocycles. The van der Waals surface area contributed by atoms with Crippen molar-refractivity contribution in [2.45, 2.75) is 46.5 Å². The van der Waals surface area contributed by atoms with Crippen LogP contribution in [-0.2, 0) is 11.8 Å². The Hall–Kier alpha value is -6.24. The molecule has 0 atom stereocenters. The van der Waals surface area contributed by atoms with Crippen LogP contribution in [0.25, 0.3) is 65.7 Å². The van der Waals surface area contributed by atoms with Crippen molar-refractivity contribution in [1.29, 1.82) is 0 Å². The van der Waals surface area contributed by atoms with Crippen LogP contribution in [0, 0.1) is 13.8 Å². The summed E-state index contributed by atoms with van der Waals surface area (Å²) in [5.74, 6) is 0. The quantitative estimate of drug-likeness (QED) is 0.160. The molecule has 0 unspecified atom stereocenters. The Balaban J connectivity index is 0.000000241. The third-order valence-electron chi connectivity index (χ3n) is 12.1. The number of rotatable bonds is 4. The SMILES string of the molecule is C.CCCc1ccccc1-c1c(C)ccc2c3cccc4c3c3c(cccc3c12)C41c2ccccc2-c2ccccc21.Cc1ccc(-c2ccccc2)cc1. The van der Waals surface area contributed by atoms with Gasteiger partial charge in [0.1, 0.15) is 0 Å². The van der Waals surface area contributed by atoms with Crippen molar-refractivity contribution in [3.05, 3.63) is 215 Å². The van der Waals surface area contributed by atoms with Gasteiger partial charge in [-0.05, 0) is 119 Å². The average molecular weight is 707 g/mol. The third kappa shape index (κ3) is 5.05. The lowest BCUT2D eigenvalue weighted by atomic mass is 9.70. The summed E-state index contributed by atoms with van der Waals surface area (Å²) >= 11 is 0. The Morgan fingerprint density at radius 3 is 1.56 bits per heavy atom. The average Bonchev–Trinajstić information content (AvgIpc) is 3.70. The number of hydrogen-bond acceptors (Lipinski definition) is 0. The number of hydrogen-bond donors (Lipinski definition) is 0. The highest BCUT2D eigenvalue weighted by molar-refractivity contribution is 6.32. The molecule has 0 fully saturated rings. The van der Waals surface area contributed by atoms with E-state index in [0.29, 0.717) is 0 Å². The number of aryl methyl sites for hydroxylation is 3. The van der Waals surface area contributed by atoms with Gasteiger partial charge < -0.3 is 0 Å². The molecule has 2 aliphatic carbocycles. The highest BCUT2D eigenvalue weighted by Crippen LogP contribution is 2.63. The van der Waals surface area contributed by atoms with Crippen LogP contribution >= 0.6 is 0 Å². The summed E-state index contributed by atoms with van der Waals surface area (Å²) in [6, 6.07) is 65.2. The lowest BCUT2D eigenvalue weighted by molar-refractivity contribution is 0.797. The van der Waals surface area contributed by atoms with Gasteiger partial charge in [0.2, 0.25) is 0 Å². The first-order valence-electron chi connectivity index (χ1n) is 19.4. The summed E-state index contributed by atoms with van der Waals surface area (Å²) in [4.78, 5) is 0. The van der Waals surface area contributed by atoms with Crippen molar-refractivity contribution >= 4 is 32.3 Å². The molecule has 1 spiro atoms. The molecule has 11 rings (SSSR count). The fourth-order valence-corrected chi connectivity index (χ4v) is 9.85. The summed E-state index contributed by atoms with van der Waals surface area (Å²) in [5.41, 5.74) is 17.5.